The molecular weight excluding hydrogens is 244 g/mol. The Balaban J connectivity index is 2.61. The SMILES string of the molecule is CCCC1(C(=O)O)CCN(C(=O)NC(C)(C)C)CC1. The van der Waals surface area contributed by atoms with Crippen LogP contribution in [0.25, 0.3) is 0 Å². The van der Waals surface area contributed by atoms with E-state index in [-0.39, 0.29) is 11.6 Å². The van der Waals surface area contributed by atoms with Crippen molar-refractivity contribution in [3.05, 3.63) is 0 Å². The van der Waals surface area contributed by atoms with Crippen molar-refractivity contribution in [1.82, 2.24) is 10.2 Å². The number of likely N-dealkylation sites (tertiary alicyclic amines) is 1. The highest BCUT2D eigenvalue weighted by Crippen LogP contribution is 2.36. The fraction of sp³-hybridized carbons (Fsp3) is 0.857. The summed E-state index contributed by atoms with van der Waals surface area (Å²) in [7, 11) is 0. The van der Waals surface area contributed by atoms with Crippen LogP contribution in [0.4, 0.5) is 4.79 Å². The summed E-state index contributed by atoms with van der Waals surface area (Å²) in [5.41, 5.74) is -0.894. The maximum absolute atomic E-state index is 12.0. The van der Waals surface area contributed by atoms with E-state index in [1.165, 1.54) is 0 Å². The molecule has 5 nitrogen and oxygen atoms in total. The van der Waals surface area contributed by atoms with Gasteiger partial charge in [0, 0.05) is 18.6 Å². The molecule has 0 aromatic carbocycles. The van der Waals surface area contributed by atoms with Crippen LogP contribution in [0, 0.1) is 5.41 Å². The lowest BCUT2D eigenvalue weighted by molar-refractivity contribution is -0.152. The van der Waals surface area contributed by atoms with Crippen molar-refractivity contribution in [2.75, 3.05) is 13.1 Å². The lowest BCUT2D eigenvalue weighted by atomic mass is 9.75. The molecule has 2 amide bonds. The van der Waals surface area contributed by atoms with E-state index in [4.69, 9.17) is 0 Å². The monoisotopic (exact) mass is 270 g/mol. The summed E-state index contributed by atoms with van der Waals surface area (Å²) in [5.74, 6) is -0.717. The fourth-order valence-electron chi connectivity index (χ4n) is 2.59. The van der Waals surface area contributed by atoms with Crippen LogP contribution in [0.5, 0.6) is 0 Å². The number of hydrogen-bond acceptors (Lipinski definition) is 2. The van der Waals surface area contributed by atoms with Crippen LogP contribution in [-0.2, 0) is 4.79 Å². The predicted molar refractivity (Wildman–Crippen MR) is 74.1 cm³/mol. The van der Waals surface area contributed by atoms with E-state index in [1.807, 2.05) is 27.7 Å². The first-order chi connectivity index (χ1) is 8.70. The molecule has 0 spiro atoms. The zero-order valence-electron chi connectivity index (χ0n) is 12.5. The Morgan fingerprint density at radius 3 is 2.16 bits per heavy atom. The lowest BCUT2D eigenvalue weighted by Gasteiger charge is -2.39. The summed E-state index contributed by atoms with van der Waals surface area (Å²) in [5, 5.41) is 12.3. The number of aliphatic carboxylic acids is 1. The summed E-state index contributed by atoms with van der Waals surface area (Å²) in [6.07, 6.45) is 2.65. The fourth-order valence-corrected chi connectivity index (χ4v) is 2.59. The van der Waals surface area contributed by atoms with Gasteiger partial charge in [0.05, 0.1) is 5.41 Å². The Labute approximate surface area is 115 Å². The molecule has 1 rings (SSSR count). The highest BCUT2D eigenvalue weighted by atomic mass is 16.4. The van der Waals surface area contributed by atoms with Crippen LogP contribution in [0.2, 0.25) is 0 Å². The van der Waals surface area contributed by atoms with Gasteiger partial charge >= 0.3 is 12.0 Å². The second-order valence-corrected chi connectivity index (χ2v) is 6.50. The summed E-state index contributed by atoms with van der Waals surface area (Å²) >= 11 is 0. The first-order valence-electron chi connectivity index (χ1n) is 7.01. The molecule has 0 aromatic heterocycles. The van der Waals surface area contributed by atoms with Gasteiger partial charge in [-0.05, 0) is 40.0 Å². The third kappa shape index (κ3) is 4.11. The Kier molecular flexibility index (Phi) is 4.82. The zero-order valence-corrected chi connectivity index (χ0v) is 12.5. The molecule has 0 unspecified atom stereocenters. The number of piperidine rings is 1. The lowest BCUT2D eigenvalue weighted by Crippen LogP contribution is -2.53. The molecule has 1 saturated heterocycles. The van der Waals surface area contributed by atoms with Gasteiger partial charge in [0.1, 0.15) is 0 Å². The van der Waals surface area contributed by atoms with Gasteiger partial charge in [-0.2, -0.15) is 0 Å². The number of amides is 2. The summed E-state index contributed by atoms with van der Waals surface area (Å²) in [6, 6.07) is -0.0945. The molecule has 1 aliphatic rings. The normalized spacial score (nSPS) is 19.1. The van der Waals surface area contributed by atoms with Crippen molar-refractivity contribution in [2.45, 2.75) is 58.9 Å². The molecule has 0 atom stereocenters. The van der Waals surface area contributed by atoms with E-state index in [1.54, 1.807) is 4.90 Å². The van der Waals surface area contributed by atoms with Gasteiger partial charge in [0.15, 0.2) is 0 Å². The zero-order chi connectivity index (χ0) is 14.7. The summed E-state index contributed by atoms with van der Waals surface area (Å²) in [4.78, 5) is 25.2. The largest absolute Gasteiger partial charge is 0.481 e. The maximum Gasteiger partial charge on any atom is 0.317 e. The number of carboxylic acids is 1. The second kappa shape index (κ2) is 5.80. The smallest absolute Gasteiger partial charge is 0.317 e. The van der Waals surface area contributed by atoms with Crippen LogP contribution < -0.4 is 5.32 Å². The molecule has 0 aromatic rings. The van der Waals surface area contributed by atoms with Crippen LogP contribution in [0.15, 0.2) is 0 Å². The first-order valence-corrected chi connectivity index (χ1v) is 7.01. The Hall–Kier alpha value is -1.26. The number of carbonyl (C=O) groups excluding carboxylic acids is 1. The number of carboxylic acid groups (broad SMARTS) is 1. The molecule has 0 saturated carbocycles. The number of urea groups is 1. The van der Waals surface area contributed by atoms with Gasteiger partial charge in [-0.25, -0.2) is 4.79 Å². The Morgan fingerprint density at radius 2 is 1.79 bits per heavy atom. The molecule has 1 aliphatic heterocycles. The summed E-state index contributed by atoms with van der Waals surface area (Å²) in [6.45, 7) is 8.86. The highest BCUT2D eigenvalue weighted by molar-refractivity contribution is 5.77. The standard InChI is InChI=1S/C14H26N2O3/c1-5-6-14(11(17)18)7-9-16(10-8-14)12(19)15-13(2,3)4/h5-10H2,1-4H3,(H,15,19)(H,17,18). The van der Waals surface area contributed by atoms with Gasteiger partial charge in [-0.15, -0.1) is 0 Å². The molecule has 2 N–H and O–H groups in total. The minimum Gasteiger partial charge on any atom is -0.481 e. The molecule has 0 radical (unpaired) electrons. The van der Waals surface area contributed by atoms with Gasteiger partial charge in [0.25, 0.3) is 0 Å². The van der Waals surface area contributed by atoms with Crippen molar-refractivity contribution in [3.63, 3.8) is 0 Å². The average molecular weight is 270 g/mol. The van der Waals surface area contributed by atoms with Gasteiger partial charge < -0.3 is 15.3 Å². The summed E-state index contributed by atoms with van der Waals surface area (Å²) < 4.78 is 0. The van der Waals surface area contributed by atoms with Crippen molar-refractivity contribution in [3.8, 4) is 0 Å². The molecule has 1 heterocycles. The van der Waals surface area contributed by atoms with Gasteiger partial charge in [-0.3, -0.25) is 4.79 Å². The van der Waals surface area contributed by atoms with Crippen molar-refractivity contribution >= 4 is 12.0 Å². The van der Waals surface area contributed by atoms with Gasteiger partial charge in [0.2, 0.25) is 0 Å². The minimum atomic E-state index is -0.717. The van der Waals surface area contributed by atoms with E-state index in [0.717, 1.165) is 6.42 Å². The number of nitrogens with one attached hydrogen (secondary N) is 1. The van der Waals surface area contributed by atoms with Crippen molar-refractivity contribution in [2.24, 2.45) is 5.41 Å². The van der Waals surface area contributed by atoms with E-state index < -0.39 is 11.4 Å². The van der Waals surface area contributed by atoms with E-state index in [0.29, 0.717) is 32.4 Å². The van der Waals surface area contributed by atoms with Crippen LogP contribution >= 0.6 is 0 Å². The third-order valence-corrected chi connectivity index (χ3v) is 3.67. The van der Waals surface area contributed by atoms with E-state index >= 15 is 0 Å². The van der Waals surface area contributed by atoms with Crippen molar-refractivity contribution < 1.29 is 14.7 Å². The Bertz CT molecular complexity index is 339. The molecule has 0 bridgehead atoms. The van der Waals surface area contributed by atoms with E-state index in [9.17, 15) is 14.7 Å². The molecule has 19 heavy (non-hydrogen) atoms. The van der Waals surface area contributed by atoms with E-state index in [2.05, 4.69) is 5.32 Å². The Morgan fingerprint density at radius 1 is 1.26 bits per heavy atom. The maximum atomic E-state index is 12.0. The first kappa shape index (κ1) is 15.8. The molecular formula is C14H26N2O3. The quantitative estimate of drug-likeness (QED) is 0.827. The van der Waals surface area contributed by atoms with Crippen LogP contribution in [-0.4, -0.2) is 40.6 Å². The van der Waals surface area contributed by atoms with Crippen molar-refractivity contribution in [1.29, 1.82) is 0 Å². The number of hydrogen-bond donors (Lipinski definition) is 2. The predicted octanol–water partition coefficient (Wildman–Crippen LogP) is 2.46. The second-order valence-electron chi connectivity index (χ2n) is 6.50. The van der Waals surface area contributed by atoms with Gasteiger partial charge in [-0.1, -0.05) is 13.3 Å². The number of nitrogens with zero attached hydrogens (tertiary/aromatic N) is 1. The molecule has 110 valence electrons. The number of carbonyl (C=O) groups is 2. The minimum absolute atomic E-state index is 0.0945. The molecule has 5 heteroatoms. The topological polar surface area (TPSA) is 69.6 Å². The molecule has 0 aliphatic carbocycles. The van der Waals surface area contributed by atoms with Crippen LogP contribution in [0.1, 0.15) is 53.4 Å². The average Bonchev–Trinajstić information content (AvgIpc) is 2.27. The highest BCUT2D eigenvalue weighted by Gasteiger charge is 2.41. The third-order valence-electron chi connectivity index (χ3n) is 3.67. The number of rotatable bonds is 3. The van der Waals surface area contributed by atoms with Crippen LogP contribution in [0.3, 0.4) is 0 Å². The molecule has 1 fully saturated rings.